The molecule has 2 fully saturated rings. The maximum Gasteiger partial charge on any atom is 0.117 e. The summed E-state index contributed by atoms with van der Waals surface area (Å²) in [6, 6.07) is 5.32. The van der Waals surface area contributed by atoms with Gasteiger partial charge in [0.15, 0.2) is 0 Å². The van der Waals surface area contributed by atoms with Crippen LogP contribution in [0.25, 0.3) is 0 Å². The summed E-state index contributed by atoms with van der Waals surface area (Å²) >= 11 is 0. The lowest BCUT2D eigenvalue weighted by Crippen LogP contribution is -2.42. The number of rotatable bonds is 7. The number of nitrogens with zero attached hydrogens (tertiary/aromatic N) is 1. The molecule has 2 aliphatic rings. The van der Waals surface area contributed by atoms with Crippen molar-refractivity contribution < 1.29 is 9.15 Å². The maximum absolute atomic E-state index is 5.65. The summed E-state index contributed by atoms with van der Waals surface area (Å²) in [6.45, 7) is 6.98. The lowest BCUT2D eigenvalue weighted by molar-refractivity contribution is 0.157. The average molecular weight is 264 g/mol. The Labute approximate surface area is 115 Å². The Morgan fingerprint density at radius 3 is 2.95 bits per heavy atom. The molecule has 1 aliphatic heterocycles. The van der Waals surface area contributed by atoms with Crippen LogP contribution in [0.15, 0.2) is 22.8 Å². The minimum Gasteiger partial charge on any atom is -0.468 e. The first kappa shape index (κ1) is 13.2. The molecule has 3 rings (SSSR count). The number of furan rings is 1. The van der Waals surface area contributed by atoms with E-state index in [4.69, 9.17) is 9.15 Å². The van der Waals surface area contributed by atoms with Crippen LogP contribution >= 0.6 is 0 Å². The second-order valence-corrected chi connectivity index (χ2v) is 5.70. The molecule has 2 unspecified atom stereocenters. The van der Waals surface area contributed by atoms with Gasteiger partial charge >= 0.3 is 0 Å². The predicted molar refractivity (Wildman–Crippen MR) is 73.9 cm³/mol. The van der Waals surface area contributed by atoms with Crippen LogP contribution in [0.3, 0.4) is 0 Å². The fourth-order valence-electron chi connectivity index (χ4n) is 2.95. The van der Waals surface area contributed by atoms with Crippen LogP contribution in [0, 0.1) is 5.92 Å². The number of hydrogen-bond acceptors (Lipinski definition) is 4. The van der Waals surface area contributed by atoms with Crippen molar-refractivity contribution in [2.24, 2.45) is 5.92 Å². The molecular formula is C15H24N2O2. The van der Waals surface area contributed by atoms with Gasteiger partial charge in [-0.3, -0.25) is 4.90 Å². The molecule has 0 amide bonds. The molecule has 4 nitrogen and oxygen atoms in total. The Hall–Kier alpha value is -0.840. The molecule has 1 N–H and O–H groups in total. The molecule has 4 heteroatoms. The summed E-state index contributed by atoms with van der Waals surface area (Å²) < 4.78 is 11.1. The lowest BCUT2D eigenvalue weighted by Gasteiger charge is -2.27. The van der Waals surface area contributed by atoms with Gasteiger partial charge < -0.3 is 14.5 Å². The first-order valence-corrected chi connectivity index (χ1v) is 7.44. The van der Waals surface area contributed by atoms with Crippen LogP contribution in [0.2, 0.25) is 0 Å². The average Bonchev–Trinajstić information content (AvgIpc) is 2.96. The van der Waals surface area contributed by atoms with Crippen LogP contribution in [-0.4, -0.2) is 43.3 Å². The molecule has 0 radical (unpaired) electrons. The van der Waals surface area contributed by atoms with E-state index in [-0.39, 0.29) is 0 Å². The van der Waals surface area contributed by atoms with Crippen molar-refractivity contribution in [2.75, 3.05) is 26.3 Å². The zero-order valence-electron chi connectivity index (χ0n) is 11.7. The third-order valence-electron chi connectivity index (χ3n) is 4.14. The fourth-order valence-corrected chi connectivity index (χ4v) is 2.95. The van der Waals surface area contributed by atoms with Crippen LogP contribution in [0.4, 0.5) is 0 Å². The first-order chi connectivity index (χ1) is 9.36. The van der Waals surface area contributed by atoms with E-state index in [1.54, 1.807) is 6.26 Å². The summed E-state index contributed by atoms with van der Waals surface area (Å²) in [6.07, 6.45) is 4.43. The number of nitrogens with one attached hydrogen (secondary N) is 1. The van der Waals surface area contributed by atoms with Crippen molar-refractivity contribution in [3.8, 4) is 0 Å². The van der Waals surface area contributed by atoms with Gasteiger partial charge in [0.25, 0.3) is 0 Å². The molecule has 1 aliphatic carbocycles. The van der Waals surface area contributed by atoms with Crippen molar-refractivity contribution >= 4 is 0 Å². The van der Waals surface area contributed by atoms with Gasteiger partial charge in [-0.25, -0.2) is 0 Å². The van der Waals surface area contributed by atoms with Crippen LogP contribution in [-0.2, 0) is 11.3 Å². The van der Waals surface area contributed by atoms with Gasteiger partial charge in [-0.05, 0) is 31.5 Å². The standard InChI is InChI=1S/C15H24N2O2/c1-2-16-15-11-18-10-12(15)8-17(13-5-6-13)9-14-4-3-7-19-14/h3-4,7,12-13,15-16H,2,5-6,8-11H2,1H3. The Balaban J connectivity index is 1.58. The SMILES string of the molecule is CCNC1COCC1CN(Cc1ccco1)C1CC1. The molecule has 2 heterocycles. The van der Waals surface area contributed by atoms with E-state index in [9.17, 15) is 0 Å². The summed E-state index contributed by atoms with van der Waals surface area (Å²) in [4.78, 5) is 2.57. The van der Waals surface area contributed by atoms with E-state index >= 15 is 0 Å². The number of hydrogen-bond donors (Lipinski definition) is 1. The van der Waals surface area contributed by atoms with Crippen molar-refractivity contribution in [3.05, 3.63) is 24.2 Å². The van der Waals surface area contributed by atoms with Gasteiger partial charge in [-0.15, -0.1) is 0 Å². The largest absolute Gasteiger partial charge is 0.468 e. The molecule has 1 saturated heterocycles. The quantitative estimate of drug-likeness (QED) is 0.816. The highest BCUT2D eigenvalue weighted by molar-refractivity contribution is 5.00. The predicted octanol–water partition coefficient (Wildman–Crippen LogP) is 1.87. The molecule has 0 aromatic carbocycles. The van der Waals surface area contributed by atoms with E-state index in [1.165, 1.54) is 12.8 Å². The summed E-state index contributed by atoms with van der Waals surface area (Å²) in [5.41, 5.74) is 0. The summed E-state index contributed by atoms with van der Waals surface area (Å²) in [5.74, 6) is 1.68. The Morgan fingerprint density at radius 1 is 1.37 bits per heavy atom. The summed E-state index contributed by atoms with van der Waals surface area (Å²) in [7, 11) is 0. The minimum absolute atomic E-state index is 0.517. The molecule has 1 saturated carbocycles. The topological polar surface area (TPSA) is 37.6 Å². The third-order valence-corrected chi connectivity index (χ3v) is 4.14. The van der Waals surface area contributed by atoms with Crippen molar-refractivity contribution in [2.45, 2.75) is 38.4 Å². The highest BCUT2D eigenvalue weighted by Crippen LogP contribution is 2.30. The van der Waals surface area contributed by atoms with Gasteiger partial charge in [0.2, 0.25) is 0 Å². The van der Waals surface area contributed by atoms with Crippen LogP contribution < -0.4 is 5.32 Å². The maximum atomic E-state index is 5.65. The minimum atomic E-state index is 0.517. The van der Waals surface area contributed by atoms with Crippen molar-refractivity contribution in [3.63, 3.8) is 0 Å². The molecule has 1 aromatic heterocycles. The van der Waals surface area contributed by atoms with Crippen molar-refractivity contribution in [1.82, 2.24) is 10.2 Å². The normalized spacial score (nSPS) is 27.3. The molecule has 1 aromatic rings. The molecule has 0 bridgehead atoms. The molecular weight excluding hydrogens is 240 g/mol. The monoisotopic (exact) mass is 264 g/mol. The summed E-state index contributed by atoms with van der Waals surface area (Å²) in [5, 5.41) is 3.54. The molecule has 2 atom stereocenters. The second-order valence-electron chi connectivity index (χ2n) is 5.70. The number of likely N-dealkylation sites (N-methyl/N-ethyl adjacent to an activating group) is 1. The Morgan fingerprint density at radius 2 is 2.26 bits per heavy atom. The smallest absolute Gasteiger partial charge is 0.117 e. The van der Waals surface area contributed by atoms with Gasteiger partial charge in [0, 0.05) is 24.5 Å². The van der Waals surface area contributed by atoms with Gasteiger partial charge in [0.05, 0.1) is 26.0 Å². The lowest BCUT2D eigenvalue weighted by atomic mass is 10.0. The highest BCUT2D eigenvalue weighted by atomic mass is 16.5. The molecule has 106 valence electrons. The third kappa shape index (κ3) is 3.38. The zero-order valence-corrected chi connectivity index (χ0v) is 11.7. The highest BCUT2D eigenvalue weighted by Gasteiger charge is 2.35. The van der Waals surface area contributed by atoms with E-state index in [1.807, 2.05) is 6.07 Å². The van der Waals surface area contributed by atoms with Crippen LogP contribution in [0.1, 0.15) is 25.5 Å². The van der Waals surface area contributed by atoms with Gasteiger partial charge in [-0.2, -0.15) is 0 Å². The molecule has 0 spiro atoms. The van der Waals surface area contributed by atoms with E-state index in [2.05, 4.69) is 23.2 Å². The first-order valence-electron chi connectivity index (χ1n) is 7.44. The van der Waals surface area contributed by atoms with Gasteiger partial charge in [-0.1, -0.05) is 6.92 Å². The number of ether oxygens (including phenoxy) is 1. The van der Waals surface area contributed by atoms with Crippen molar-refractivity contribution in [1.29, 1.82) is 0 Å². The fraction of sp³-hybridized carbons (Fsp3) is 0.733. The second kappa shape index (κ2) is 6.07. The van der Waals surface area contributed by atoms with Gasteiger partial charge in [0.1, 0.15) is 5.76 Å². The zero-order chi connectivity index (χ0) is 13.1. The Bertz CT molecular complexity index is 376. The van der Waals surface area contributed by atoms with E-state index in [0.29, 0.717) is 12.0 Å². The molecule has 19 heavy (non-hydrogen) atoms. The van der Waals surface area contributed by atoms with E-state index in [0.717, 1.165) is 44.7 Å². The Kier molecular flexibility index (Phi) is 4.21. The van der Waals surface area contributed by atoms with E-state index < -0.39 is 0 Å². The van der Waals surface area contributed by atoms with Crippen LogP contribution in [0.5, 0.6) is 0 Å².